The topological polar surface area (TPSA) is 50.4 Å². The second-order valence-electron chi connectivity index (χ2n) is 3.62. The molecule has 0 saturated carbocycles. The third kappa shape index (κ3) is 2.13. The van der Waals surface area contributed by atoms with Gasteiger partial charge in [0.2, 0.25) is 0 Å². The molecule has 1 aromatic carbocycles. The predicted molar refractivity (Wildman–Crippen MR) is 65.0 cm³/mol. The van der Waals surface area contributed by atoms with Gasteiger partial charge in [0.25, 0.3) is 0 Å². The van der Waals surface area contributed by atoms with Gasteiger partial charge in [-0.1, -0.05) is 30.3 Å². The monoisotopic (exact) mass is 228 g/mol. The summed E-state index contributed by atoms with van der Waals surface area (Å²) in [5.74, 6) is -0.586. The minimum Gasteiger partial charge on any atom is -0.478 e. The maximum Gasteiger partial charge on any atom is 0.339 e. The minimum absolute atomic E-state index is 0.182. The fourth-order valence-electron chi connectivity index (χ4n) is 1.76. The molecule has 0 atom stereocenters. The standard InChI is InChI=1S/C14H12O3/c1-2-5-10-6-3-4-7-11(10)13-12(14(15)16)8-9-17-13/h2-4,6-9H,1,5H2,(H,15,16). The molecule has 0 fully saturated rings. The SMILES string of the molecule is C=CCc1ccccc1-c1occc1C(=O)O. The van der Waals surface area contributed by atoms with E-state index in [1.807, 2.05) is 24.3 Å². The Morgan fingerprint density at radius 1 is 1.35 bits per heavy atom. The molecule has 0 bridgehead atoms. The highest BCUT2D eigenvalue weighted by molar-refractivity contribution is 5.94. The van der Waals surface area contributed by atoms with E-state index in [1.54, 1.807) is 6.08 Å². The first-order valence-corrected chi connectivity index (χ1v) is 5.24. The molecule has 3 nitrogen and oxygen atoms in total. The molecule has 86 valence electrons. The van der Waals surface area contributed by atoms with E-state index >= 15 is 0 Å². The summed E-state index contributed by atoms with van der Waals surface area (Å²) >= 11 is 0. The van der Waals surface area contributed by atoms with Gasteiger partial charge in [0.05, 0.1) is 6.26 Å². The van der Waals surface area contributed by atoms with E-state index in [-0.39, 0.29) is 5.56 Å². The number of carbonyl (C=O) groups is 1. The zero-order chi connectivity index (χ0) is 12.3. The molecule has 0 unspecified atom stereocenters. The third-order valence-electron chi connectivity index (χ3n) is 2.52. The number of furan rings is 1. The molecule has 0 aliphatic heterocycles. The van der Waals surface area contributed by atoms with Crippen molar-refractivity contribution in [1.29, 1.82) is 0 Å². The summed E-state index contributed by atoms with van der Waals surface area (Å²) in [7, 11) is 0. The molecule has 1 aromatic heterocycles. The molecule has 0 aliphatic rings. The number of aromatic carboxylic acids is 1. The lowest BCUT2D eigenvalue weighted by molar-refractivity contribution is 0.0697. The minimum atomic E-state index is -0.984. The molecule has 0 amide bonds. The van der Waals surface area contributed by atoms with Crippen LogP contribution < -0.4 is 0 Å². The van der Waals surface area contributed by atoms with Crippen LogP contribution in [-0.4, -0.2) is 11.1 Å². The Hall–Kier alpha value is -2.29. The molecule has 0 spiro atoms. The van der Waals surface area contributed by atoms with E-state index in [1.165, 1.54) is 12.3 Å². The van der Waals surface area contributed by atoms with Gasteiger partial charge in [-0.3, -0.25) is 0 Å². The Morgan fingerprint density at radius 3 is 2.82 bits per heavy atom. The van der Waals surface area contributed by atoms with Crippen LogP contribution in [0.5, 0.6) is 0 Å². The summed E-state index contributed by atoms with van der Waals surface area (Å²) in [6, 6.07) is 9.01. The Morgan fingerprint density at radius 2 is 2.12 bits per heavy atom. The maximum atomic E-state index is 11.0. The van der Waals surface area contributed by atoms with E-state index in [4.69, 9.17) is 9.52 Å². The van der Waals surface area contributed by atoms with Crippen LogP contribution in [0.1, 0.15) is 15.9 Å². The van der Waals surface area contributed by atoms with E-state index in [2.05, 4.69) is 6.58 Å². The number of carboxylic acids is 1. The Bertz CT molecular complexity index is 552. The number of hydrogen-bond acceptors (Lipinski definition) is 2. The third-order valence-corrected chi connectivity index (χ3v) is 2.52. The van der Waals surface area contributed by atoms with Crippen LogP contribution in [0.15, 0.2) is 53.7 Å². The first kappa shape index (κ1) is 11.2. The van der Waals surface area contributed by atoms with Gasteiger partial charge in [0.1, 0.15) is 11.3 Å². The van der Waals surface area contributed by atoms with E-state index in [0.29, 0.717) is 12.2 Å². The second-order valence-corrected chi connectivity index (χ2v) is 3.62. The van der Waals surface area contributed by atoms with Gasteiger partial charge in [-0.05, 0) is 18.1 Å². The van der Waals surface area contributed by atoms with Crippen LogP contribution in [0.3, 0.4) is 0 Å². The summed E-state index contributed by atoms with van der Waals surface area (Å²) in [5.41, 5.74) is 1.98. The van der Waals surface area contributed by atoms with Gasteiger partial charge in [-0.25, -0.2) is 4.79 Å². The Labute approximate surface area is 99.0 Å². The van der Waals surface area contributed by atoms with E-state index in [9.17, 15) is 4.79 Å². The summed E-state index contributed by atoms with van der Waals surface area (Å²) in [4.78, 5) is 11.0. The van der Waals surface area contributed by atoms with E-state index in [0.717, 1.165) is 11.1 Å². The van der Waals surface area contributed by atoms with Crippen molar-refractivity contribution in [2.45, 2.75) is 6.42 Å². The molecular formula is C14H12O3. The molecule has 0 saturated heterocycles. The van der Waals surface area contributed by atoms with Gasteiger partial charge in [0, 0.05) is 5.56 Å². The van der Waals surface area contributed by atoms with Crippen molar-refractivity contribution < 1.29 is 14.3 Å². The zero-order valence-electron chi connectivity index (χ0n) is 9.22. The highest BCUT2D eigenvalue weighted by Crippen LogP contribution is 2.28. The van der Waals surface area contributed by atoms with Crippen LogP contribution in [-0.2, 0) is 6.42 Å². The lowest BCUT2D eigenvalue weighted by atomic mass is 10.0. The van der Waals surface area contributed by atoms with Crippen LogP contribution in [0, 0.1) is 0 Å². The summed E-state index contributed by atoms with van der Waals surface area (Å²) in [5, 5.41) is 9.06. The fourth-order valence-corrected chi connectivity index (χ4v) is 1.76. The predicted octanol–water partition coefficient (Wildman–Crippen LogP) is 3.37. The molecule has 1 heterocycles. The number of rotatable bonds is 4. The number of hydrogen-bond donors (Lipinski definition) is 1. The smallest absolute Gasteiger partial charge is 0.339 e. The molecule has 3 heteroatoms. The average Bonchev–Trinajstić information content (AvgIpc) is 2.79. The van der Waals surface area contributed by atoms with E-state index < -0.39 is 5.97 Å². The molecule has 2 rings (SSSR count). The largest absolute Gasteiger partial charge is 0.478 e. The van der Waals surface area contributed by atoms with Crippen molar-refractivity contribution in [3.8, 4) is 11.3 Å². The van der Waals surface area contributed by atoms with Gasteiger partial charge in [0.15, 0.2) is 0 Å². The molecule has 2 aromatic rings. The first-order valence-electron chi connectivity index (χ1n) is 5.24. The summed E-state index contributed by atoms with van der Waals surface area (Å²) < 4.78 is 5.28. The first-order chi connectivity index (χ1) is 8.24. The summed E-state index contributed by atoms with van der Waals surface area (Å²) in [6.07, 6.45) is 3.85. The van der Waals surface area contributed by atoms with Crippen LogP contribution in [0.2, 0.25) is 0 Å². The molecule has 0 radical (unpaired) electrons. The van der Waals surface area contributed by atoms with Crippen molar-refractivity contribution in [3.05, 3.63) is 60.4 Å². The highest BCUT2D eigenvalue weighted by Gasteiger charge is 2.16. The number of carboxylic acid groups (broad SMARTS) is 1. The normalized spacial score (nSPS) is 10.1. The molecule has 0 aliphatic carbocycles. The van der Waals surface area contributed by atoms with Crippen molar-refractivity contribution in [1.82, 2.24) is 0 Å². The Balaban J connectivity index is 2.56. The van der Waals surface area contributed by atoms with Crippen molar-refractivity contribution in [2.75, 3.05) is 0 Å². The lowest BCUT2D eigenvalue weighted by Crippen LogP contribution is -1.97. The zero-order valence-corrected chi connectivity index (χ0v) is 9.22. The average molecular weight is 228 g/mol. The van der Waals surface area contributed by atoms with Crippen molar-refractivity contribution in [3.63, 3.8) is 0 Å². The summed E-state index contributed by atoms with van der Waals surface area (Å²) in [6.45, 7) is 3.69. The molecule has 1 N–H and O–H groups in total. The quantitative estimate of drug-likeness (QED) is 0.816. The fraction of sp³-hybridized carbons (Fsp3) is 0.0714. The lowest BCUT2D eigenvalue weighted by Gasteiger charge is -2.05. The maximum absolute atomic E-state index is 11.0. The highest BCUT2D eigenvalue weighted by atomic mass is 16.4. The van der Waals surface area contributed by atoms with Crippen LogP contribution in [0.25, 0.3) is 11.3 Å². The molecular weight excluding hydrogens is 216 g/mol. The molecule has 17 heavy (non-hydrogen) atoms. The van der Waals surface area contributed by atoms with Gasteiger partial charge in [-0.15, -0.1) is 6.58 Å². The second kappa shape index (κ2) is 4.70. The number of benzene rings is 1. The Kier molecular flexibility index (Phi) is 3.10. The van der Waals surface area contributed by atoms with Gasteiger partial charge >= 0.3 is 5.97 Å². The van der Waals surface area contributed by atoms with Crippen LogP contribution in [0.4, 0.5) is 0 Å². The van der Waals surface area contributed by atoms with Gasteiger partial charge in [-0.2, -0.15) is 0 Å². The number of allylic oxidation sites excluding steroid dienone is 1. The van der Waals surface area contributed by atoms with Crippen molar-refractivity contribution >= 4 is 5.97 Å². The van der Waals surface area contributed by atoms with Crippen LogP contribution >= 0.6 is 0 Å². The van der Waals surface area contributed by atoms with Crippen molar-refractivity contribution in [2.24, 2.45) is 0 Å². The van der Waals surface area contributed by atoms with Gasteiger partial charge < -0.3 is 9.52 Å².